The van der Waals surface area contributed by atoms with E-state index in [1.165, 1.54) is 18.2 Å². The molecule has 2 aliphatic heterocycles. The van der Waals surface area contributed by atoms with Gasteiger partial charge in [-0.25, -0.2) is 4.79 Å². The molecule has 306 valence electrons. The van der Waals surface area contributed by atoms with Gasteiger partial charge < -0.3 is 45.3 Å². The molecule has 2 aliphatic rings. The molecular formula is C47H44N4O9. The highest BCUT2D eigenvalue weighted by Gasteiger charge is 2.54. The number of hydrogen-bond acceptors (Lipinski definition) is 9. The van der Waals surface area contributed by atoms with Gasteiger partial charge in [0.1, 0.15) is 18.1 Å². The van der Waals surface area contributed by atoms with Crippen LogP contribution in [0.5, 0.6) is 11.5 Å². The van der Waals surface area contributed by atoms with Gasteiger partial charge in [0, 0.05) is 66.3 Å². The molecule has 6 N–H and O–H groups in total. The summed E-state index contributed by atoms with van der Waals surface area (Å²) in [5, 5.41) is 45.9. The van der Waals surface area contributed by atoms with Crippen LogP contribution in [0.15, 0.2) is 132 Å². The van der Waals surface area contributed by atoms with Crippen molar-refractivity contribution >= 4 is 28.7 Å². The van der Waals surface area contributed by atoms with E-state index in [-0.39, 0.29) is 52.8 Å². The van der Waals surface area contributed by atoms with E-state index < -0.39 is 17.7 Å². The van der Waals surface area contributed by atoms with E-state index in [1.54, 1.807) is 77.7 Å². The molecule has 1 spiro atoms. The van der Waals surface area contributed by atoms with Gasteiger partial charge in [-0.2, -0.15) is 0 Å². The number of carboxylic acid groups (broad SMARTS) is 1. The monoisotopic (exact) mass is 808 g/mol. The second kappa shape index (κ2) is 16.5. The molecule has 2 fully saturated rings. The number of fused-ring (bicyclic) bond motifs is 1. The normalized spacial score (nSPS) is 15.8. The third-order valence-electron chi connectivity index (χ3n) is 11.4. The molecule has 0 aliphatic carbocycles. The lowest BCUT2D eigenvalue weighted by atomic mass is 9.72. The predicted molar refractivity (Wildman–Crippen MR) is 223 cm³/mol. The first-order valence-electron chi connectivity index (χ1n) is 19.7. The fourth-order valence-electron chi connectivity index (χ4n) is 8.14. The van der Waals surface area contributed by atoms with Crippen LogP contribution < -0.4 is 15.6 Å². The molecule has 3 heterocycles. The van der Waals surface area contributed by atoms with E-state index in [9.17, 15) is 39.6 Å². The first-order valence-corrected chi connectivity index (χ1v) is 19.7. The van der Waals surface area contributed by atoms with Crippen molar-refractivity contribution in [1.29, 1.82) is 0 Å². The van der Waals surface area contributed by atoms with E-state index in [0.717, 1.165) is 11.1 Å². The highest BCUT2D eigenvalue weighted by atomic mass is 16.5. The first kappa shape index (κ1) is 40.0. The summed E-state index contributed by atoms with van der Waals surface area (Å²) in [6.07, 6.45) is -0.166. The number of phenols is 1. The number of aliphatic carboxylic acids is 1. The Morgan fingerprint density at radius 1 is 0.767 bits per heavy atom. The number of pyridine rings is 1. The molecular weight excluding hydrogens is 765 g/mol. The summed E-state index contributed by atoms with van der Waals surface area (Å²) in [7, 11) is 0. The molecule has 1 aromatic heterocycles. The van der Waals surface area contributed by atoms with Gasteiger partial charge in [-0.05, 0) is 83.8 Å². The number of hydrogen-bond donors (Lipinski definition) is 6. The van der Waals surface area contributed by atoms with Crippen LogP contribution in [0.25, 0.3) is 10.9 Å². The van der Waals surface area contributed by atoms with Crippen LogP contribution in [0.3, 0.4) is 0 Å². The number of rotatable bonds is 14. The molecule has 2 saturated heterocycles. The lowest BCUT2D eigenvalue weighted by molar-refractivity contribution is -0.155. The van der Waals surface area contributed by atoms with Crippen LogP contribution in [-0.2, 0) is 23.4 Å². The van der Waals surface area contributed by atoms with Crippen molar-refractivity contribution in [3.05, 3.63) is 177 Å². The van der Waals surface area contributed by atoms with E-state index in [1.807, 2.05) is 41.3 Å². The number of ether oxygens (including phenoxy) is 1. The SMILES string of the molecule is O=C(c1ccc(CCNCC(O)c2ccc(O)c3[nH]c(=O)ccc23)cc1)N1CC2(C1)CN(C(=O)c1ccc(COc3cccc(C(O)(C(=O)O)c4ccccc4)c3)cc1)C2. The highest BCUT2D eigenvalue weighted by molar-refractivity contribution is 5.96. The molecule has 8 rings (SSSR count). The Morgan fingerprint density at radius 3 is 2.02 bits per heavy atom. The highest BCUT2D eigenvalue weighted by Crippen LogP contribution is 2.41. The number of nitrogens with zero attached hydrogens (tertiary/aromatic N) is 2. The Kier molecular flexibility index (Phi) is 11.0. The molecule has 2 amide bonds. The summed E-state index contributed by atoms with van der Waals surface area (Å²) >= 11 is 0. The van der Waals surface area contributed by atoms with Crippen molar-refractivity contribution < 1.29 is 39.5 Å². The Hall–Kier alpha value is -6.80. The zero-order valence-electron chi connectivity index (χ0n) is 32.6. The third kappa shape index (κ3) is 7.97. The minimum absolute atomic E-state index is 0.0426. The Bertz CT molecular complexity index is 2600. The maximum Gasteiger partial charge on any atom is 0.345 e. The van der Waals surface area contributed by atoms with Crippen molar-refractivity contribution in [2.45, 2.75) is 24.7 Å². The largest absolute Gasteiger partial charge is 0.506 e. The summed E-state index contributed by atoms with van der Waals surface area (Å²) in [6, 6.07) is 35.3. The number of nitrogens with one attached hydrogen (secondary N) is 2. The van der Waals surface area contributed by atoms with E-state index in [0.29, 0.717) is 72.5 Å². The fraction of sp³-hybridized carbons (Fsp3) is 0.234. The van der Waals surface area contributed by atoms with Crippen molar-refractivity contribution in [3.63, 3.8) is 0 Å². The number of carbonyl (C=O) groups excluding carboxylic acids is 2. The van der Waals surface area contributed by atoms with Gasteiger partial charge in [-0.3, -0.25) is 14.4 Å². The summed E-state index contributed by atoms with van der Waals surface area (Å²) in [5.74, 6) is -1.19. The van der Waals surface area contributed by atoms with Gasteiger partial charge >= 0.3 is 5.97 Å². The number of phenolic OH excluding ortho intramolecular Hbond substituents is 1. The molecule has 13 heteroatoms. The first-order chi connectivity index (χ1) is 28.9. The van der Waals surface area contributed by atoms with Crippen LogP contribution >= 0.6 is 0 Å². The third-order valence-corrected chi connectivity index (χ3v) is 11.4. The molecule has 6 aromatic rings. The van der Waals surface area contributed by atoms with Crippen LogP contribution in [0.2, 0.25) is 0 Å². The van der Waals surface area contributed by atoms with Gasteiger partial charge in [0.15, 0.2) is 0 Å². The van der Waals surface area contributed by atoms with Crippen molar-refractivity contribution in [1.82, 2.24) is 20.1 Å². The predicted octanol–water partition coefficient (Wildman–Crippen LogP) is 4.60. The van der Waals surface area contributed by atoms with Crippen molar-refractivity contribution in [2.75, 3.05) is 39.3 Å². The fourth-order valence-corrected chi connectivity index (χ4v) is 8.14. The molecule has 2 atom stereocenters. The van der Waals surface area contributed by atoms with E-state index in [2.05, 4.69) is 10.3 Å². The zero-order chi connectivity index (χ0) is 42.0. The Balaban J connectivity index is 0.766. The molecule has 2 unspecified atom stereocenters. The zero-order valence-corrected chi connectivity index (χ0v) is 32.6. The average Bonchev–Trinajstić information content (AvgIpc) is 3.24. The summed E-state index contributed by atoms with van der Waals surface area (Å²) in [6.45, 7) is 3.36. The smallest absolute Gasteiger partial charge is 0.345 e. The molecule has 0 bridgehead atoms. The number of aromatic nitrogens is 1. The molecule has 0 saturated carbocycles. The number of carbonyl (C=O) groups is 3. The van der Waals surface area contributed by atoms with E-state index >= 15 is 0 Å². The molecule has 13 nitrogen and oxygen atoms in total. The number of H-pyrrole nitrogens is 1. The molecule has 60 heavy (non-hydrogen) atoms. The Labute approximate surface area is 345 Å². The molecule has 0 radical (unpaired) electrons. The Morgan fingerprint density at radius 2 is 1.38 bits per heavy atom. The maximum atomic E-state index is 13.3. The lowest BCUT2D eigenvalue weighted by Crippen LogP contribution is -2.73. The summed E-state index contributed by atoms with van der Waals surface area (Å²) < 4.78 is 5.94. The number of aromatic hydroxyl groups is 1. The van der Waals surface area contributed by atoms with E-state index in [4.69, 9.17) is 4.74 Å². The minimum atomic E-state index is -2.24. The van der Waals surface area contributed by atoms with Crippen LogP contribution in [0.1, 0.15) is 54.6 Å². The van der Waals surface area contributed by atoms with Gasteiger partial charge in [-0.15, -0.1) is 0 Å². The lowest BCUT2D eigenvalue weighted by Gasteiger charge is -2.60. The topological polar surface area (TPSA) is 193 Å². The number of carboxylic acids is 1. The van der Waals surface area contributed by atoms with Crippen molar-refractivity contribution in [3.8, 4) is 11.5 Å². The van der Waals surface area contributed by atoms with Crippen LogP contribution in [0, 0.1) is 5.41 Å². The van der Waals surface area contributed by atoms with Crippen LogP contribution in [0.4, 0.5) is 0 Å². The number of aliphatic hydroxyl groups is 2. The second-order valence-electron chi connectivity index (χ2n) is 15.7. The maximum absolute atomic E-state index is 13.3. The van der Waals surface area contributed by atoms with Gasteiger partial charge in [0.05, 0.1) is 11.6 Å². The van der Waals surface area contributed by atoms with Gasteiger partial charge in [-0.1, -0.05) is 72.8 Å². The number of likely N-dealkylation sites (tertiary alicyclic amines) is 2. The number of aliphatic hydroxyl groups excluding tert-OH is 1. The average molecular weight is 809 g/mol. The van der Waals surface area contributed by atoms with Gasteiger partial charge in [0.2, 0.25) is 11.2 Å². The van der Waals surface area contributed by atoms with Crippen molar-refractivity contribution in [2.24, 2.45) is 5.41 Å². The number of benzene rings is 5. The standard InChI is InChI=1S/C47H44N4O9/c52-39-19-17-37(38-18-20-41(54)49-42(38)39)40(53)24-48-22-21-30-9-13-32(14-10-30)43(55)50-26-46(27-50)28-51(29-46)44(56)33-15-11-31(12-16-33)25-60-36-8-4-7-35(23-36)47(59,45(57)58)34-5-2-1-3-6-34/h1-20,23,40,48,52-53,59H,21-22,24-29H2,(H,49,54)(H,57,58). The minimum Gasteiger partial charge on any atom is -0.506 e. The summed E-state index contributed by atoms with van der Waals surface area (Å²) in [4.78, 5) is 56.6. The quantitative estimate of drug-likeness (QED) is 0.0849. The molecule has 5 aromatic carbocycles. The number of aromatic amines is 1. The van der Waals surface area contributed by atoms with Crippen LogP contribution in [-0.4, -0.2) is 92.3 Å². The second-order valence-corrected chi connectivity index (χ2v) is 15.7. The number of amides is 2. The van der Waals surface area contributed by atoms with Gasteiger partial charge in [0.25, 0.3) is 11.8 Å². The summed E-state index contributed by atoms with van der Waals surface area (Å²) in [5.41, 5.74) is 1.61.